The summed E-state index contributed by atoms with van der Waals surface area (Å²) in [6.07, 6.45) is -3.53. The minimum atomic E-state index is -4.73. The number of aliphatic carboxylic acids is 1. The molecular formula is C30H29F3N4O6S. The predicted octanol–water partition coefficient (Wildman–Crippen LogP) is 4.57. The van der Waals surface area contributed by atoms with Crippen LogP contribution in [0.2, 0.25) is 0 Å². The van der Waals surface area contributed by atoms with E-state index in [1.165, 1.54) is 29.6 Å². The number of aromatic nitrogens is 3. The lowest BCUT2D eigenvalue weighted by Crippen LogP contribution is -2.60. The number of para-hydroxylation sites is 1. The smallest absolute Gasteiger partial charge is 0.452 e. The number of alkyl halides is 3. The number of sulfonamides is 1. The molecule has 0 saturated carbocycles. The highest BCUT2D eigenvalue weighted by molar-refractivity contribution is 7.89. The van der Waals surface area contributed by atoms with Crippen molar-refractivity contribution in [3.63, 3.8) is 0 Å². The standard InChI is InChI=1S/C30H29F3N4O6S/c1-17-8-9-20(25(19(3)27(38)39)22-10-11-37-26(18(22)2)34-35-28(37)30(31,32)33)12-21(17)13-36-14-29(15-42-16-29)43-23-6-4-5-7-24(23)44(36,40)41/h4-12,19,25H,13-16H2,1-3H3,(H,38,39). The second-order valence-electron chi connectivity index (χ2n) is 11.4. The van der Waals surface area contributed by atoms with Crippen molar-refractivity contribution in [1.29, 1.82) is 0 Å². The largest absolute Gasteiger partial charge is 0.481 e. The van der Waals surface area contributed by atoms with Crippen LogP contribution in [0.4, 0.5) is 13.2 Å². The van der Waals surface area contributed by atoms with Crippen LogP contribution >= 0.6 is 0 Å². The molecule has 2 aliphatic heterocycles. The van der Waals surface area contributed by atoms with Gasteiger partial charge in [-0.3, -0.25) is 9.20 Å². The van der Waals surface area contributed by atoms with Crippen molar-refractivity contribution in [1.82, 2.24) is 18.9 Å². The first-order valence-corrected chi connectivity index (χ1v) is 15.3. The third-order valence-electron chi connectivity index (χ3n) is 8.41. The lowest BCUT2D eigenvalue weighted by molar-refractivity contribution is -0.165. The molecule has 4 aromatic rings. The molecule has 2 aromatic carbocycles. The van der Waals surface area contributed by atoms with Gasteiger partial charge in [0.1, 0.15) is 10.6 Å². The summed E-state index contributed by atoms with van der Waals surface area (Å²) in [6, 6.07) is 13.2. The van der Waals surface area contributed by atoms with Crippen LogP contribution in [0.1, 0.15) is 46.5 Å². The molecule has 10 nitrogen and oxygen atoms in total. The molecule has 1 N–H and O–H groups in total. The van der Waals surface area contributed by atoms with Crippen LogP contribution in [0.15, 0.2) is 59.6 Å². The molecule has 2 aromatic heterocycles. The number of benzene rings is 2. The summed E-state index contributed by atoms with van der Waals surface area (Å²) in [5.41, 5.74) is 1.93. The van der Waals surface area contributed by atoms with E-state index < -0.39 is 45.4 Å². The van der Waals surface area contributed by atoms with Crippen LogP contribution in [-0.2, 0) is 32.3 Å². The van der Waals surface area contributed by atoms with Crippen molar-refractivity contribution < 1.29 is 41.0 Å². The molecule has 1 fully saturated rings. The number of nitrogens with zero attached hydrogens (tertiary/aromatic N) is 4. The molecule has 44 heavy (non-hydrogen) atoms. The van der Waals surface area contributed by atoms with E-state index in [4.69, 9.17) is 9.47 Å². The first-order chi connectivity index (χ1) is 20.7. The number of ether oxygens (including phenoxy) is 2. The zero-order valence-electron chi connectivity index (χ0n) is 24.0. The van der Waals surface area contributed by atoms with Crippen molar-refractivity contribution in [2.24, 2.45) is 5.92 Å². The van der Waals surface area contributed by atoms with Gasteiger partial charge in [0.2, 0.25) is 15.8 Å². The van der Waals surface area contributed by atoms with E-state index in [9.17, 15) is 31.5 Å². The van der Waals surface area contributed by atoms with E-state index in [1.54, 1.807) is 43.3 Å². The fourth-order valence-corrected chi connectivity index (χ4v) is 7.54. The van der Waals surface area contributed by atoms with E-state index in [0.29, 0.717) is 22.3 Å². The van der Waals surface area contributed by atoms with Crippen LogP contribution < -0.4 is 4.74 Å². The molecular weight excluding hydrogens is 601 g/mol. The van der Waals surface area contributed by atoms with Crippen LogP contribution in [0, 0.1) is 19.8 Å². The zero-order chi connectivity index (χ0) is 31.6. The van der Waals surface area contributed by atoms with Gasteiger partial charge >= 0.3 is 12.1 Å². The lowest BCUT2D eigenvalue weighted by atomic mass is 9.79. The quantitative estimate of drug-likeness (QED) is 0.329. The van der Waals surface area contributed by atoms with Gasteiger partial charge in [-0.25, -0.2) is 8.42 Å². The Balaban J connectivity index is 1.43. The van der Waals surface area contributed by atoms with Gasteiger partial charge in [-0.1, -0.05) is 37.3 Å². The van der Waals surface area contributed by atoms with Gasteiger partial charge in [-0.2, -0.15) is 17.5 Å². The summed E-state index contributed by atoms with van der Waals surface area (Å²) in [4.78, 5) is 12.4. The second-order valence-corrected chi connectivity index (χ2v) is 13.3. The average Bonchev–Trinajstić information content (AvgIpc) is 3.36. The lowest BCUT2D eigenvalue weighted by Gasteiger charge is -2.41. The molecule has 2 aliphatic rings. The Hall–Kier alpha value is -4.01. The number of hydrogen-bond acceptors (Lipinski definition) is 7. The summed E-state index contributed by atoms with van der Waals surface area (Å²) in [7, 11) is -3.99. The Bertz CT molecular complexity index is 1890. The number of halogens is 3. The minimum absolute atomic E-state index is 0.0211. The maximum atomic E-state index is 13.9. The van der Waals surface area contributed by atoms with Crippen molar-refractivity contribution >= 4 is 21.6 Å². The molecule has 2 atom stereocenters. The second kappa shape index (κ2) is 10.6. The Morgan fingerprint density at radius 2 is 1.84 bits per heavy atom. The average molecular weight is 631 g/mol. The molecule has 14 heteroatoms. The summed E-state index contributed by atoms with van der Waals surface area (Å²) < 4.78 is 82.0. The number of rotatable bonds is 6. The van der Waals surface area contributed by atoms with Gasteiger partial charge in [-0.05, 0) is 59.9 Å². The molecule has 0 amide bonds. The highest BCUT2D eigenvalue weighted by Crippen LogP contribution is 2.40. The summed E-state index contributed by atoms with van der Waals surface area (Å²) in [5.74, 6) is -3.81. The Morgan fingerprint density at radius 3 is 2.50 bits per heavy atom. The van der Waals surface area contributed by atoms with Crippen molar-refractivity contribution in [3.8, 4) is 5.75 Å². The summed E-state index contributed by atoms with van der Waals surface area (Å²) in [5, 5.41) is 17.1. The van der Waals surface area contributed by atoms with Gasteiger partial charge in [0.15, 0.2) is 11.2 Å². The number of aryl methyl sites for hydroxylation is 2. The number of hydrogen-bond donors (Lipinski definition) is 1. The number of carbonyl (C=O) groups is 1. The van der Waals surface area contributed by atoms with Crippen LogP contribution in [0.3, 0.4) is 0 Å². The van der Waals surface area contributed by atoms with E-state index >= 15 is 0 Å². The fourth-order valence-electron chi connectivity index (χ4n) is 5.93. The Kier molecular flexibility index (Phi) is 7.21. The van der Waals surface area contributed by atoms with E-state index in [1.807, 2.05) is 6.92 Å². The van der Waals surface area contributed by atoms with Gasteiger partial charge in [0, 0.05) is 18.7 Å². The molecule has 6 rings (SSSR count). The molecule has 0 bridgehead atoms. The Labute approximate surface area is 251 Å². The first-order valence-electron chi connectivity index (χ1n) is 13.8. The third-order valence-corrected chi connectivity index (χ3v) is 10.2. The fraction of sp³-hybridized carbons (Fsp3) is 0.367. The third kappa shape index (κ3) is 5.00. The minimum Gasteiger partial charge on any atom is -0.481 e. The molecule has 0 radical (unpaired) electrons. The van der Waals surface area contributed by atoms with E-state index in [0.717, 1.165) is 9.96 Å². The maximum absolute atomic E-state index is 13.9. The van der Waals surface area contributed by atoms with Crippen LogP contribution in [0.25, 0.3) is 5.65 Å². The maximum Gasteiger partial charge on any atom is 0.452 e. The highest BCUT2D eigenvalue weighted by atomic mass is 32.2. The zero-order valence-corrected chi connectivity index (χ0v) is 24.8. The van der Waals surface area contributed by atoms with Gasteiger partial charge in [-0.15, -0.1) is 10.2 Å². The number of carboxylic acid groups (broad SMARTS) is 1. The van der Waals surface area contributed by atoms with Gasteiger partial charge in [0.25, 0.3) is 0 Å². The molecule has 1 saturated heterocycles. The van der Waals surface area contributed by atoms with E-state index in [2.05, 4.69) is 10.2 Å². The molecule has 4 heterocycles. The SMILES string of the molecule is Cc1ccc(C(c2ccn3c(C(F)(F)F)nnc3c2C)C(C)C(=O)O)cc1CN1CC2(COC2)Oc2ccccc2S1(=O)=O. The van der Waals surface area contributed by atoms with Crippen LogP contribution in [-0.4, -0.2) is 63.8 Å². The van der Waals surface area contributed by atoms with Crippen molar-refractivity contribution in [3.05, 3.63) is 88.4 Å². The summed E-state index contributed by atoms with van der Waals surface area (Å²) >= 11 is 0. The molecule has 1 spiro atoms. The summed E-state index contributed by atoms with van der Waals surface area (Å²) in [6.45, 7) is 5.42. The number of fused-ring (bicyclic) bond motifs is 2. The topological polar surface area (TPSA) is 123 Å². The predicted molar refractivity (Wildman–Crippen MR) is 151 cm³/mol. The monoisotopic (exact) mass is 630 g/mol. The Morgan fingerprint density at radius 1 is 1.11 bits per heavy atom. The van der Waals surface area contributed by atoms with Crippen molar-refractivity contribution in [2.75, 3.05) is 19.8 Å². The molecule has 232 valence electrons. The highest BCUT2D eigenvalue weighted by Gasteiger charge is 2.49. The normalized spacial score (nSPS) is 19.0. The van der Waals surface area contributed by atoms with Crippen molar-refractivity contribution in [2.45, 2.75) is 49.9 Å². The first kappa shape index (κ1) is 30.0. The molecule has 0 aliphatic carbocycles. The van der Waals surface area contributed by atoms with Crippen LogP contribution in [0.5, 0.6) is 5.75 Å². The van der Waals surface area contributed by atoms with Gasteiger partial charge in [0.05, 0.1) is 25.7 Å². The van der Waals surface area contributed by atoms with Gasteiger partial charge < -0.3 is 14.6 Å². The number of pyridine rings is 1. The van der Waals surface area contributed by atoms with E-state index in [-0.39, 0.29) is 42.6 Å². The molecule has 2 unspecified atom stereocenters. The number of carboxylic acids is 1.